The molecule has 1 heterocycles. The van der Waals surface area contributed by atoms with Gasteiger partial charge in [-0.15, -0.1) is 0 Å². The van der Waals surface area contributed by atoms with Gasteiger partial charge in [0.05, 0.1) is 6.54 Å². The van der Waals surface area contributed by atoms with Crippen molar-refractivity contribution >= 4 is 5.69 Å². The minimum Gasteiger partial charge on any atom is -0.377 e. The van der Waals surface area contributed by atoms with Gasteiger partial charge in [0.1, 0.15) is 5.82 Å². The molecule has 3 rings (SSSR count). The van der Waals surface area contributed by atoms with E-state index in [4.69, 9.17) is 0 Å². The van der Waals surface area contributed by atoms with Crippen LogP contribution in [0.15, 0.2) is 67.0 Å². The molecule has 0 aliphatic carbocycles. The van der Waals surface area contributed by atoms with E-state index in [0.29, 0.717) is 6.54 Å². The van der Waals surface area contributed by atoms with Gasteiger partial charge in [-0.05, 0) is 11.6 Å². The maximum atomic E-state index is 4.33. The summed E-state index contributed by atoms with van der Waals surface area (Å²) in [5.41, 5.74) is 3.56. The summed E-state index contributed by atoms with van der Waals surface area (Å²) in [6, 6.07) is 18.8. The lowest BCUT2D eigenvalue weighted by Crippen LogP contribution is -2.06. The Morgan fingerprint density at radius 1 is 1.00 bits per heavy atom. The molecular formula is C17H17N3. The van der Waals surface area contributed by atoms with Crippen LogP contribution in [0.5, 0.6) is 0 Å². The van der Waals surface area contributed by atoms with Crippen molar-refractivity contribution in [1.82, 2.24) is 9.55 Å². The summed E-state index contributed by atoms with van der Waals surface area (Å²) in [5.74, 6) is 1.02. The molecule has 20 heavy (non-hydrogen) atoms. The highest BCUT2D eigenvalue weighted by Gasteiger charge is 2.05. The van der Waals surface area contributed by atoms with Gasteiger partial charge in [-0.25, -0.2) is 4.98 Å². The molecule has 0 saturated carbocycles. The molecule has 0 saturated heterocycles. The van der Waals surface area contributed by atoms with Crippen LogP contribution < -0.4 is 5.32 Å². The van der Waals surface area contributed by atoms with Crippen LogP contribution in [0.2, 0.25) is 0 Å². The van der Waals surface area contributed by atoms with E-state index >= 15 is 0 Å². The van der Waals surface area contributed by atoms with Gasteiger partial charge < -0.3 is 9.88 Å². The van der Waals surface area contributed by atoms with Gasteiger partial charge in [-0.3, -0.25) is 0 Å². The Kier molecular flexibility index (Phi) is 3.50. The van der Waals surface area contributed by atoms with Gasteiger partial charge in [0, 0.05) is 30.7 Å². The van der Waals surface area contributed by atoms with Crippen LogP contribution in [-0.4, -0.2) is 9.55 Å². The van der Waals surface area contributed by atoms with Gasteiger partial charge in [0.15, 0.2) is 0 Å². The Balaban J connectivity index is 1.85. The SMILES string of the molecule is Cn1ccnc1CNc1ccccc1-c1ccccc1. The highest BCUT2D eigenvalue weighted by molar-refractivity contribution is 5.77. The van der Waals surface area contributed by atoms with E-state index in [2.05, 4.69) is 52.8 Å². The molecule has 100 valence electrons. The van der Waals surface area contributed by atoms with Crippen molar-refractivity contribution in [3.63, 3.8) is 0 Å². The van der Waals surface area contributed by atoms with E-state index in [1.165, 1.54) is 11.1 Å². The highest BCUT2D eigenvalue weighted by atomic mass is 15.1. The molecule has 2 aromatic carbocycles. The van der Waals surface area contributed by atoms with Crippen molar-refractivity contribution in [2.75, 3.05) is 5.32 Å². The molecule has 3 nitrogen and oxygen atoms in total. The van der Waals surface area contributed by atoms with Crippen molar-refractivity contribution in [2.45, 2.75) is 6.54 Å². The molecule has 0 spiro atoms. The molecule has 0 fully saturated rings. The van der Waals surface area contributed by atoms with Gasteiger partial charge >= 0.3 is 0 Å². The molecule has 3 aromatic rings. The van der Waals surface area contributed by atoms with E-state index in [1.807, 2.05) is 36.1 Å². The van der Waals surface area contributed by atoms with Crippen molar-refractivity contribution in [3.05, 3.63) is 72.8 Å². The topological polar surface area (TPSA) is 29.9 Å². The molecule has 1 N–H and O–H groups in total. The number of para-hydroxylation sites is 1. The fraction of sp³-hybridized carbons (Fsp3) is 0.118. The summed E-state index contributed by atoms with van der Waals surface area (Å²) >= 11 is 0. The monoisotopic (exact) mass is 263 g/mol. The van der Waals surface area contributed by atoms with Crippen molar-refractivity contribution in [1.29, 1.82) is 0 Å². The minimum absolute atomic E-state index is 0.716. The first kappa shape index (κ1) is 12.5. The number of aromatic nitrogens is 2. The largest absolute Gasteiger partial charge is 0.377 e. The second-order valence-corrected chi connectivity index (χ2v) is 4.72. The molecule has 0 unspecified atom stereocenters. The highest BCUT2D eigenvalue weighted by Crippen LogP contribution is 2.27. The average Bonchev–Trinajstić information content (AvgIpc) is 2.92. The van der Waals surface area contributed by atoms with Crippen molar-refractivity contribution in [2.24, 2.45) is 7.05 Å². The number of benzene rings is 2. The lowest BCUT2D eigenvalue weighted by atomic mass is 10.0. The maximum absolute atomic E-state index is 4.33. The van der Waals surface area contributed by atoms with Gasteiger partial charge in [-0.1, -0.05) is 48.5 Å². The lowest BCUT2D eigenvalue weighted by Gasteiger charge is -2.12. The Morgan fingerprint density at radius 2 is 1.75 bits per heavy atom. The number of nitrogens with one attached hydrogen (secondary N) is 1. The number of hydrogen-bond donors (Lipinski definition) is 1. The summed E-state index contributed by atoms with van der Waals surface area (Å²) in [4.78, 5) is 4.33. The molecule has 0 amide bonds. The van der Waals surface area contributed by atoms with Gasteiger partial charge in [0.2, 0.25) is 0 Å². The van der Waals surface area contributed by atoms with Gasteiger partial charge in [-0.2, -0.15) is 0 Å². The van der Waals surface area contributed by atoms with Crippen LogP contribution in [0, 0.1) is 0 Å². The molecule has 0 radical (unpaired) electrons. The van der Waals surface area contributed by atoms with Crippen LogP contribution in [-0.2, 0) is 13.6 Å². The van der Waals surface area contributed by atoms with Crippen LogP contribution in [0.25, 0.3) is 11.1 Å². The summed E-state index contributed by atoms with van der Waals surface area (Å²) in [6.45, 7) is 0.716. The smallest absolute Gasteiger partial charge is 0.127 e. The Morgan fingerprint density at radius 3 is 2.50 bits per heavy atom. The van der Waals surface area contributed by atoms with E-state index in [1.54, 1.807) is 0 Å². The zero-order valence-electron chi connectivity index (χ0n) is 11.5. The summed E-state index contributed by atoms with van der Waals surface area (Å²) in [6.07, 6.45) is 3.78. The first-order valence-electron chi connectivity index (χ1n) is 6.69. The molecule has 0 aliphatic rings. The van der Waals surface area contributed by atoms with Gasteiger partial charge in [0.25, 0.3) is 0 Å². The van der Waals surface area contributed by atoms with Crippen molar-refractivity contribution < 1.29 is 0 Å². The number of anilines is 1. The molecular weight excluding hydrogens is 246 g/mol. The van der Waals surface area contributed by atoms with E-state index < -0.39 is 0 Å². The summed E-state index contributed by atoms with van der Waals surface area (Å²) < 4.78 is 2.03. The second kappa shape index (κ2) is 5.61. The number of rotatable bonds is 4. The lowest BCUT2D eigenvalue weighted by molar-refractivity contribution is 0.813. The number of hydrogen-bond acceptors (Lipinski definition) is 2. The standard InChI is InChI=1S/C17H17N3/c1-20-12-11-18-17(20)13-19-16-10-6-5-9-15(16)14-7-3-2-4-8-14/h2-12,19H,13H2,1H3. The second-order valence-electron chi connectivity index (χ2n) is 4.72. The quantitative estimate of drug-likeness (QED) is 0.778. The fourth-order valence-corrected chi connectivity index (χ4v) is 2.25. The molecule has 1 aromatic heterocycles. The average molecular weight is 263 g/mol. The number of aryl methyl sites for hydroxylation is 1. The molecule has 3 heteroatoms. The van der Waals surface area contributed by atoms with Crippen LogP contribution >= 0.6 is 0 Å². The predicted octanol–water partition coefficient (Wildman–Crippen LogP) is 3.70. The molecule has 0 bridgehead atoms. The third kappa shape index (κ3) is 2.57. The first-order chi connectivity index (χ1) is 9.84. The Labute approximate surface area is 118 Å². The Hall–Kier alpha value is -2.55. The normalized spacial score (nSPS) is 10.4. The van der Waals surface area contributed by atoms with E-state index in [0.717, 1.165) is 11.5 Å². The molecule has 0 atom stereocenters. The maximum Gasteiger partial charge on any atom is 0.127 e. The zero-order valence-corrected chi connectivity index (χ0v) is 11.5. The van der Waals surface area contributed by atoms with Crippen LogP contribution in [0.4, 0.5) is 5.69 Å². The number of imidazole rings is 1. The fourth-order valence-electron chi connectivity index (χ4n) is 2.25. The van der Waals surface area contributed by atoms with Crippen molar-refractivity contribution in [3.8, 4) is 11.1 Å². The molecule has 0 aliphatic heterocycles. The first-order valence-corrected chi connectivity index (χ1v) is 6.69. The Bertz CT molecular complexity index is 686. The predicted molar refractivity (Wildman–Crippen MR) is 82.4 cm³/mol. The van der Waals surface area contributed by atoms with Crippen LogP contribution in [0.1, 0.15) is 5.82 Å². The van der Waals surface area contributed by atoms with E-state index in [9.17, 15) is 0 Å². The summed E-state index contributed by atoms with van der Waals surface area (Å²) in [5, 5.41) is 3.47. The number of nitrogens with zero attached hydrogens (tertiary/aromatic N) is 2. The third-order valence-corrected chi connectivity index (χ3v) is 3.37. The minimum atomic E-state index is 0.716. The summed E-state index contributed by atoms with van der Waals surface area (Å²) in [7, 11) is 2.01. The van der Waals surface area contributed by atoms with Crippen LogP contribution in [0.3, 0.4) is 0 Å². The zero-order chi connectivity index (χ0) is 13.8. The third-order valence-electron chi connectivity index (χ3n) is 3.37. The van der Waals surface area contributed by atoms with E-state index in [-0.39, 0.29) is 0 Å².